The number of aryl methyl sites for hydroxylation is 1. The van der Waals surface area contributed by atoms with E-state index < -0.39 is 0 Å². The second kappa shape index (κ2) is 11.7. The van der Waals surface area contributed by atoms with Crippen molar-refractivity contribution < 1.29 is 0 Å². The quantitative estimate of drug-likeness (QED) is 0.361. The maximum atomic E-state index is 4.77. The molecule has 1 heterocycles. The van der Waals surface area contributed by atoms with Crippen LogP contribution >= 0.6 is 11.3 Å². The van der Waals surface area contributed by atoms with Gasteiger partial charge in [0.05, 0.1) is 10.2 Å². The lowest BCUT2D eigenvalue weighted by atomic mass is 9.70. The van der Waals surface area contributed by atoms with Crippen LogP contribution in [0.1, 0.15) is 51.7 Å². The molecule has 3 aromatic rings. The van der Waals surface area contributed by atoms with Crippen molar-refractivity contribution >= 4 is 26.7 Å². The summed E-state index contributed by atoms with van der Waals surface area (Å²) < 4.78 is 1.23. The van der Waals surface area contributed by atoms with E-state index in [1.807, 2.05) is 19.9 Å². The van der Waals surface area contributed by atoms with Crippen molar-refractivity contribution in [1.82, 2.24) is 4.98 Å². The molecule has 2 nitrogen and oxygen atoms in total. The van der Waals surface area contributed by atoms with E-state index in [1.54, 1.807) is 11.3 Å². The fourth-order valence-corrected chi connectivity index (χ4v) is 4.79. The van der Waals surface area contributed by atoms with Crippen molar-refractivity contribution in [2.75, 3.05) is 11.9 Å². The van der Waals surface area contributed by atoms with Crippen LogP contribution in [0.2, 0.25) is 0 Å². The molecule has 164 valence electrons. The zero-order valence-electron chi connectivity index (χ0n) is 19.8. The van der Waals surface area contributed by atoms with Crippen molar-refractivity contribution in [2.24, 2.45) is 5.41 Å². The monoisotopic (exact) mass is 432 g/mol. The molecule has 0 aliphatic heterocycles. The van der Waals surface area contributed by atoms with Gasteiger partial charge in [-0.3, -0.25) is 0 Å². The van der Waals surface area contributed by atoms with E-state index in [4.69, 9.17) is 4.98 Å². The Hall–Kier alpha value is -2.65. The van der Waals surface area contributed by atoms with Crippen molar-refractivity contribution in [3.05, 3.63) is 96.1 Å². The van der Waals surface area contributed by atoms with Crippen LogP contribution in [-0.2, 0) is 0 Å². The van der Waals surface area contributed by atoms with Gasteiger partial charge in [-0.15, -0.1) is 0 Å². The number of benzene rings is 2. The summed E-state index contributed by atoms with van der Waals surface area (Å²) in [5, 5.41) is 4.59. The highest BCUT2D eigenvalue weighted by Gasteiger charge is 2.32. The molecule has 3 rings (SSSR count). The maximum Gasteiger partial charge on any atom is 0.183 e. The third kappa shape index (κ3) is 6.41. The van der Waals surface area contributed by atoms with Crippen LogP contribution < -0.4 is 5.32 Å². The molecule has 0 aliphatic rings. The van der Waals surface area contributed by atoms with E-state index in [2.05, 4.69) is 106 Å². The number of fused-ring (bicyclic) bond motifs is 1. The third-order valence-electron chi connectivity index (χ3n) is 5.16. The molecule has 31 heavy (non-hydrogen) atoms. The summed E-state index contributed by atoms with van der Waals surface area (Å²) in [5.74, 6) is 0.238. The van der Waals surface area contributed by atoms with E-state index in [-0.39, 0.29) is 11.3 Å². The number of thiazole rings is 1. The van der Waals surface area contributed by atoms with Gasteiger partial charge in [-0.05, 0) is 48.1 Å². The van der Waals surface area contributed by atoms with Crippen LogP contribution in [0.3, 0.4) is 0 Å². The SMILES string of the molecule is C=C/C=C(\C=C/C)C(c1ccccc1)C(C)(C)CNc1nc2ccc(C)cc2s1.CC. The first-order valence-corrected chi connectivity index (χ1v) is 11.9. The van der Waals surface area contributed by atoms with E-state index in [9.17, 15) is 0 Å². The smallest absolute Gasteiger partial charge is 0.183 e. The summed E-state index contributed by atoms with van der Waals surface area (Å²) >= 11 is 1.72. The molecule has 1 unspecified atom stereocenters. The van der Waals surface area contributed by atoms with Gasteiger partial charge in [0, 0.05) is 12.5 Å². The molecule has 1 N–H and O–H groups in total. The molecule has 3 heteroatoms. The first-order valence-electron chi connectivity index (χ1n) is 11.1. The fourth-order valence-electron chi connectivity index (χ4n) is 3.83. The summed E-state index contributed by atoms with van der Waals surface area (Å²) in [6, 6.07) is 17.1. The van der Waals surface area contributed by atoms with Crippen LogP contribution in [0.4, 0.5) is 5.13 Å². The highest BCUT2D eigenvalue weighted by atomic mass is 32.1. The molecule has 0 bridgehead atoms. The van der Waals surface area contributed by atoms with Crippen molar-refractivity contribution in [3.8, 4) is 0 Å². The number of anilines is 1. The number of allylic oxidation sites excluding steroid dienone is 5. The van der Waals surface area contributed by atoms with Crippen LogP contribution in [0, 0.1) is 12.3 Å². The maximum absolute atomic E-state index is 4.77. The van der Waals surface area contributed by atoms with Gasteiger partial charge in [-0.2, -0.15) is 0 Å². The lowest BCUT2D eigenvalue weighted by Crippen LogP contribution is -2.31. The molecule has 0 fully saturated rings. The average molecular weight is 433 g/mol. The van der Waals surface area contributed by atoms with E-state index in [1.165, 1.54) is 21.4 Å². The Bertz CT molecular complexity index is 1030. The van der Waals surface area contributed by atoms with Crippen LogP contribution in [-0.4, -0.2) is 11.5 Å². The van der Waals surface area contributed by atoms with Crippen LogP contribution in [0.25, 0.3) is 10.2 Å². The second-order valence-electron chi connectivity index (χ2n) is 8.08. The van der Waals surface area contributed by atoms with Gasteiger partial charge < -0.3 is 5.32 Å². The lowest BCUT2D eigenvalue weighted by molar-refractivity contribution is 0.340. The predicted octanol–water partition coefficient (Wildman–Crippen LogP) is 8.54. The van der Waals surface area contributed by atoms with E-state index >= 15 is 0 Å². The van der Waals surface area contributed by atoms with Crippen molar-refractivity contribution in [3.63, 3.8) is 0 Å². The molecule has 0 aliphatic carbocycles. The lowest BCUT2D eigenvalue weighted by Gasteiger charge is -2.36. The number of hydrogen-bond donors (Lipinski definition) is 1. The largest absolute Gasteiger partial charge is 0.361 e. The molecule has 0 spiro atoms. The molecule has 0 amide bonds. The summed E-state index contributed by atoms with van der Waals surface area (Å²) in [6.07, 6.45) is 8.30. The highest BCUT2D eigenvalue weighted by Crippen LogP contribution is 2.42. The predicted molar refractivity (Wildman–Crippen MR) is 140 cm³/mol. The number of nitrogens with zero attached hydrogens (tertiary/aromatic N) is 1. The van der Waals surface area contributed by atoms with Gasteiger partial charge in [-0.1, -0.05) is 106 Å². The molecular formula is C28H36N2S. The van der Waals surface area contributed by atoms with Gasteiger partial charge in [0.2, 0.25) is 0 Å². The zero-order valence-corrected chi connectivity index (χ0v) is 20.6. The summed E-state index contributed by atoms with van der Waals surface area (Å²) in [7, 11) is 0. The van der Waals surface area contributed by atoms with E-state index in [0.29, 0.717) is 0 Å². The van der Waals surface area contributed by atoms with E-state index in [0.717, 1.165) is 17.2 Å². The Balaban J connectivity index is 0.00000166. The molecule has 0 saturated heterocycles. The van der Waals surface area contributed by atoms with Crippen LogP contribution in [0.5, 0.6) is 0 Å². The number of hydrogen-bond acceptors (Lipinski definition) is 3. The molecule has 0 radical (unpaired) electrons. The molecule has 2 aromatic carbocycles. The topological polar surface area (TPSA) is 24.9 Å². The Morgan fingerprint density at radius 2 is 1.87 bits per heavy atom. The van der Waals surface area contributed by atoms with Crippen LogP contribution in [0.15, 0.2) is 85.0 Å². The van der Waals surface area contributed by atoms with Gasteiger partial charge in [0.15, 0.2) is 5.13 Å². The molecule has 1 aromatic heterocycles. The molecule has 1 atom stereocenters. The molecular weight excluding hydrogens is 396 g/mol. The summed E-state index contributed by atoms with van der Waals surface area (Å²) in [5.41, 5.74) is 4.86. The third-order valence-corrected chi connectivity index (χ3v) is 6.13. The standard InChI is InChI=1S/C26H30N2S.C2H6/c1-6-11-20(12-7-2)24(21-13-9-8-10-14-21)26(4,5)18-27-25-28-22-16-15-19(3)17-23(22)29-25;1-2/h6-17,24H,1,18H2,2-5H3,(H,27,28);1-2H3/b12-7-,20-11+;. The Kier molecular flexibility index (Phi) is 9.26. The normalized spacial score (nSPS) is 13.0. The number of rotatable bonds is 8. The zero-order chi connectivity index (χ0) is 22.9. The fraction of sp³-hybridized carbons (Fsp3) is 0.321. The van der Waals surface area contributed by atoms with Crippen molar-refractivity contribution in [2.45, 2.75) is 47.5 Å². The number of aromatic nitrogens is 1. The van der Waals surface area contributed by atoms with Gasteiger partial charge in [0.1, 0.15) is 0 Å². The van der Waals surface area contributed by atoms with Gasteiger partial charge in [0.25, 0.3) is 0 Å². The number of nitrogens with one attached hydrogen (secondary N) is 1. The minimum Gasteiger partial charge on any atom is -0.361 e. The van der Waals surface area contributed by atoms with Gasteiger partial charge in [-0.25, -0.2) is 4.98 Å². The van der Waals surface area contributed by atoms with Gasteiger partial charge >= 0.3 is 0 Å². The Morgan fingerprint density at radius 3 is 2.52 bits per heavy atom. The van der Waals surface area contributed by atoms with Crippen molar-refractivity contribution in [1.29, 1.82) is 0 Å². The summed E-state index contributed by atoms with van der Waals surface area (Å²) in [6.45, 7) is 17.6. The molecule has 0 saturated carbocycles. The second-order valence-corrected chi connectivity index (χ2v) is 9.11. The minimum atomic E-state index is -0.0382. The first-order chi connectivity index (χ1) is 14.9. The average Bonchev–Trinajstić information content (AvgIpc) is 3.17. The Morgan fingerprint density at radius 1 is 1.16 bits per heavy atom. The highest BCUT2D eigenvalue weighted by molar-refractivity contribution is 7.22. The first kappa shape index (κ1) is 24.6. The summed E-state index contributed by atoms with van der Waals surface area (Å²) in [4.78, 5) is 4.77. The Labute approximate surface area is 192 Å². The minimum absolute atomic E-state index is 0.0382.